The molecule has 0 amide bonds. The Morgan fingerprint density at radius 3 is 1.73 bits per heavy atom. The second-order valence-electron chi connectivity index (χ2n) is 14.3. The third-order valence-electron chi connectivity index (χ3n) is 11.4. The van der Waals surface area contributed by atoms with Crippen LogP contribution in [0, 0.1) is 17.9 Å². The van der Waals surface area contributed by atoms with Gasteiger partial charge in [-0.25, -0.2) is 4.85 Å². The van der Waals surface area contributed by atoms with E-state index in [1.807, 2.05) is 78.9 Å². The molecule has 12 aromatic rings. The summed E-state index contributed by atoms with van der Waals surface area (Å²) in [6.07, 6.45) is 0. The summed E-state index contributed by atoms with van der Waals surface area (Å²) in [5.41, 5.74) is 11.6. The molecule has 6 nitrogen and oxygen atoms in total. The highest BCUT2D eigenvalue weighted by molar-refractivity contribution is 6.19. The van der Waals surface area contributed by atoms with Crippen molar-refractivity contribution in [2.75, 3.05) is 0 Å². The van der Waals surface area contributed by atoms with Gasteiger partial charge >= 0.3 is 0 Å². The maximum absolute atomic E-state index is 10.8. The van der Waals surface area contributed by atoms with E-state index in [2.05, 4.69) is 98.9 Å². The number of furan rings is 2. The van der Waals surface area contributed by atoms with Crippen LogP contribution in [-0.2, 0) is 0 Å². The van der Waals surface area contributed by atoms with Crippen LogP contribution in [0.1, 0.15) is 5.56 Å². The van der Waals surface area contributed by atoms with Crippen LogP contribution in [0.2, 0.25) is 0 Å². The van der Waals surface area contributed by atoms with E-state index in [0.29, 0.717) is 11.3 Å². The van der Waals surface area contributed by atoms with E-state index >= 15 is 0 Å². The van der Waals surface area contributed by atoms with Gasteiger partial charge in [-0.3, -0.25) is 0 Å². The maximum Gasteiger partial charge on any atom is 0.189 e. The first kappa shape index (κ1) is 30.4. The molecule has 0 unspecified atom stereocenters. The molecule has 0 bridgehead atoms. The second kappa shape index (κ2) is 11.2. The van der Waals surface area contributed by atoms with Gasteiger partial charge in [0.05, 0.1) is 39.9 Å². The average molecular weight is 715 g/mol. The highest BCUT2D eigenvalue weighted by Gasteiger charge is 2.24. The smallest absolute Gasteiger partial charge is 0.189 e. The van der Waals surface area contributed by atoms with Gasteiger partial charge in [0.15, 0.2) is 5.69 Å². The van der Waals surface area contributed by atoms with E-state index in [9.17, 15) is 5.26 Å². The first-order valence-corrected chi connectivity index (χ1v) is 18.4. The van der Waals surface area contributed by atoms with Gasteiger partial charge in [-0.05, 0) is 54.6 Å². The Morgan fingerprint density at radius 1 is 0.446 bits per heavy atom. The molecule has 56 heavy (non-hydrogen) atoms. The van der Waals surface area contributed by atoms with E-state index in [1.54, 1.807) is 0 Å². The fourth-order valence-electron chi connectivity index (χ4n) is 8.97. The predicted molar refractivity (Wildman–Crippen MR) is 226 cm³/mol. The largest absolute Gasteiger partial charge is 0.456 e. The zero-order valence-electron chi connectivity index (χ0n) is 29.6. The Hall–Kier alpha value is -8.06. The third kappa shape index (κ3) is 4.07. The molecule has 0 radical (unpaired) electrons. The molecule has 0 saturated carbocycles. The van der Waals surface area contributed by atoms with Crippen LogP contribution in [0.5, 0.6) is 0 Å². The molecule has 0 N–H and O–H groups in total. The van der Waals surface area contributed by atoms with Gasteiger partial charge in [-0.15, -0.1) is 0 Å². The molecule has 0 atom stereocenters. The number of benzene rings is 8. The Bertz CT molecular complexity index is 3750. The first-order valence-electron chi connectivity index (χ1n) is 18.4. The summed E-state index contributed by atoms with van der Waals surface area (Å²) in [4.78, 5) is 3.91. The summed E-state index contributed by atoms with van der Waals surface area (Å²) >= 11 is 0. The van der Waals surface area contributed by atoms with Gasteiger partial charge in [-0.2, -0.15) is 5.26 Å². The molecule has 0 aliphatic heterocycles. The van der Waals surface area contributed by atoms with E-state index in [4.69, 9.17) is 15.4 Å². The highest BCUT2D eigenvalue weighted by Crippen LogP contribution is 2.45. The number of hydrogen-bond donors (Lipinski definition) is 0. The standard InChI is InChI=1S/C50H26N4O2/c1-52-30-21-22-33(43(23-30)53-41-17-6-2-13-32(41)38-26-48-40(25-44(38)53)35-15-5-9-20-47(35)55-48)36-16-10-11-29(28-51)50(36)54-42-18-7-3-12-31(42)37-24-39-34-14-4-8-19-46(34)56-49(39)27-45(37)54/h2-27H. The van der Waals surface area contributed by atoms with Crippen LogP contribution >= 0.6 is 0 Å². The summed E-state index contributed by atoms with van der Waals surface area (Å²) in [5.74, 6) is 0. The number of aromatic nitrogens is 2. The van der Waals surface area contributed by atoms with Crippen molar-refractivity contribution in [2.24, 2.45) is 0 Å². The molecule has 8 aromatic carbocycles. The van der Waals surface area contributed by atoms with Crippen molar-refractivity contribution in [3.63, 3.8) is 0 Å². The zero-order valence-corrected chi connectivity index (χ0v) is 29.6. The van der Waals surface area contributed by atoms with Crippen molar-refractivity contribution in [1.29, 1.82) is 5.26 Å². The van der Waals surface area contributed by atoms with Crippen molar-refractivity contribution in [3.8, 4) is 28.6 Å². The normalized spacial score (nSPS) is 11.9. The van der Waals surface area contributed by atoms with Gasteiger partial charge in [-0.1, -0.05) is 97.1 Å². The lowest BCUT2D eigenvalue weighted by Gasteiger charge is -2.20. The summed E-state index contributed by atoms with van der Waals surface area (Å²) in [7, 11) is 0. The lowest BCUT2D eigenvalue weighted by molar-refractivity contribution is 0.669. The topological polar surface area (TPSA) is 64.3 Å². The monoisotopic (exact) mass is 714 g/mol. The average Bonchev–Trinajstić information content (AvgIpc) is 3.98. The number of fused-ring (bicyclic) bond motifs is 12. The quantitative estimate of drug-likeness (QED) is 0.171. The van der Waals surface area contributed by atoms with Crippen molar-refractivity contribution < 1.29 is 8.83 Å². The molecule has 6 heteroatoms. The van der Waals surface area contributed by atoms with E-state index in [-0.39, 0.29) is 0 Å². The van der Waals surface area contributed by atoms with Crippen LogP contribution < -0.4 is 0 Å². The molecule has 0 aliphatic carbocycles. The summed E-state index contributed by atoms with van der Waals surface area (Å²) in [5, 5.41) is 19.3. The number of para-hydroxylation sites is 5. The Balaban J connectivity index is 1.21. The van der Waals surface area contributed by atoms with Crippen molar-refractivity contribution >= 4 is 93.2 Å². The predicted octanol–water partition coefficient (Wildman–Crippen LogP) is 13.8. The fraction of sp³-hybridized carbons (Fsp3) is 0. The summed E-state index contributed by atoms with van der Waals surface area (Å²) in [6, 6.07) is 56.0. The summed E-state index contributed by atoms with van der Waals surface area (Å²) in [6.45, 7) is 8.10. The molecule has 4 aromatic heterocycles. The fourth-order valence-corrected chi connectivity index (χ4v) is 8.97. The number of rotatable bonds is 3. The molecular weight excluding hydrogens is 689 g/mol. The molecule has 258 valence electrons. The minimum absolute atomic E-state index is 0.520. The SMILES string of the molecule is [C-]#[N+]c1ccc(-c2cccc(C#N)c2-n2c3ccccc3c3cc4c(cc32)oc2ccccc24)c(-n2c3ccccc3c3cc4oc5ccccc5c4cc32)c1. The van der Waals surface area contributed by atoms with Crippen molar-refractivity contribution in [2.45, 2.75) is 0 Å². The van der Waals surface area contributed by atoms with Crippen molar-refractivity contribution in [3.05, 3.63) is 175 Å². The van der Waals surface area contributed by atoms with Gasteiger partial charge in [0, 0.05) is 66.0 Å². The Kier molecular flexibility index (Phi) is 6.10. The lowest BCUT2D eigenvalue weighted by Crippen LogP contribution is -2.03. The molecule has 12 rings (SSSR count). The van der Waals surface area contributed by atoms with Crippen LogP contribution in [0.3, 0.4) is 0 Å². The van der Waals surface area contributed by atoms with Crippen LogP contribution in [0.15, 0.2) is 167 Å². The van der Waals surface area contributed by atoms with E-state index in [0.717, 1.165) is 110 Å². The van der Waals surface area contributed by atoms with Gasteiger partial charge in [0.1, 0.15) is 28.4 Å². The molecule has 0 saturated heterocycles. The minimum Gasteiger partial charge on any atom is -0.456 e. The number of nitrogens with zero attached hydrogens (tertiary/aromatic N) is 4. The molecule has 0 fully saturated rings. The van der Waals surface area contributed by atoms with Gasteiger partial charge in [0.2, 0.25) is 0 Å². The zero-order chi connectivity index (χ0) is 37.1. The minimum atomic E-state index is 0.520. The first-order chi connectivity index (χ1) is 27.7. The Labute approximate surface area is 318 Å². The molecule has 0 aliphatic rings. The van der Waals surface area contributed by atoms with Crippen molar-refractivity contribution in [1.82, 2.24) is 9.13 Å². The van der Waals surface area contributed by atoms with Gasteiger partial charge in [0.25, 0.3) is 0 Å². The van der Waals surface area contributed by atoms with E-state index < -0.39 is 0 Å². The third-order valence-corrected chi connectivity index (χ3v) is 11.4. The Morgan fingerprint density at radius 2 is 1.04 bits per heavy atom. The maximum atomic E-state index is 10.8. The molecular formula is C50H26N4O2. The molecule has 0 spiro atoms. The van der Waals surface area contributed by atoms with Crippen LogP contribution in [0.4, 0.5) is 5.69 Å². The van der Waals surface area contributed by atoms with Crippen LogP contribution in [-0.4, -0.2) is 9.13 Å². The number of nitriles is 1. The van der Waals surface area contributed by atoms with Gasteiger partial charge < -0.3 is 18.0 Å². The van der Waals surface area contributed by atoms with E-state index in [1.165, 1.54) is 0 Å². The second-order valence-corrected chi connectivity index (χ2v) is 14.3. The summed E-state index contributed by atoms with van der Waals surface area (Å²) < 4.78 is 17.3. The molecule has 4 heterocycles. The van der Waals surface area contributed by atoms with Crippen LogP contribution in [0.25, 0.3) is 115 Å². The lowest BCUT2D eigenvalue weighted by atomic mass is 9.97. The number of hydrogen-bond acceptors (Lipinski definition) is 3. The highest BCUT2D eigenvalue weighted by atomic mass is 16.3.